The maximum atomic E-state index is 4.71. The average molecular weight is 262 g/mol. The number of H-pyrrole nitrogens is 1. The van der Waals surface area contributed by atoms with E-state index in [0.29, 0.717) is 6.04 Å². The van der Waals surface area contributed by atoms with E-state index in [1.165, 1.54) is 5.01 Å². The molecule has 0 saturated carbocycles. The van der Waals surface area contributed by atoms with Crippen LogP contribution in [-0.2, 0) is 6.42 Å². The van der Waals surface area contributed by atoms with Crippen LogP contribution in [0, 0.1) is 0 Å². The second-order valence-electron chi connectivity index (χ2n) is 4.75. The van der Waals surface area contributed by atoms with Gasteiger partial charge in [-0.15, -0.1) is 11.3 Å². The lowest BCUT2D eigenvalue weighted by molar-refractivity contribution is 0.199. The number of aromatic amines is 1. The number of thiazole rings is 1. The second-order valence-corrected chi connectivity index (χ2v) is 5.70. The molecule has 1 saturated heterocycles. The van der Waals surface area contributed by atoms with E-state index in [1.807, 2.05) is 12.3 Å². The summed E-state index contributed by atoms with van der Waals surface area (Å²) in [5, 5.41) is 6.81. The number of aromatic nitrogens is 2. The minimum atomic E-state index is 0.571. The third-order valence-corrected chi connectivity index (χ3v) is 4.35. The van der Waals surface area contributed by atoms with Gasteiger partial charge in [-0.05, 0) is 19.2 Å². The van der Waals surface area contributed by atoms with Crippen molar-refractivity contribution in [2.75, 3.05) is 26.7 Å². The van der Waals surface area contributed by atoms with Crippen molar-refractivity contribution in [1.29, 1.82) is 0 Å². The standard InChI is InChI=1S/C13H18N4S/c1-17-6-5-14-8-10(17)7-13-16-12(9-18-13)11-3-2-4-15-11/h2-4,9-10,14-15H,5-8H2,1H3. The third-order valence-electron chi connectivity index (χ3n) is 3.48. The largest absolute Gasteiger partial charge is 0.360 e. The molecule has 0 amide bonds. The summed E-state index contributed by atoms with van der Waals surface area (Å²) < 4.78 is 0. The van der Waals surface area contributed by atoms with E-state index in [-0.39, 0.29) is 0 Å². The van der Waals surface area contributed by atoms with Crippen LogP contribution in [0.15, 0.2) is 23.7 Å². The smallest absolute Gasteiger partial charge is 0.0976 e. The van der Waals surface area contributed by atoms with Crippen LogP contribution in [0.2, 0.25) is 0 Å². The Hall–Kier alpha value is -1.17. The second kappa shape index (κ2) is 5.22. The first-order valence-electron chi connectivity index (χ1n) is 6.32. The predicted molar refractivity (Wildman–Crippen MR) is 74.9 cm³/mol. The molecule has 0 aromatic carbocycles. The van der Waals surface area contributed by atoms with Gasteiger partial charge in [-0.3, -0.25) is 0 Å². The molecule has 1 fully saturated rings. The molecule has 0 bridgehead atoms. The van der Waals surface area contributed by atoms with Crippen LogP contribution in [0.3, 0.4) is 0 Å². The zero-order valence-electron chi connectivity index (χ0n) is 10.5. The highest BCUT2D eigenvalue weighted by Crippen LogP contribution is 2.21. The lowest BCUT2D eigenvalue weighted by Gasteiger charge is -2.32. The van der Waals surface area contributed by atoms with Crippen LogP contribution >= 0.6 is 11.3 Å². The lowest BCUT2D eigenvalue weighted by Crippen LogP contribution is -2.50. The SMILES string of the molecule is CN1CCNCC1Cc1nc(-c2ccc[nH]2)cs1. The Kier molecular flexibility index (Phi) is 3.45. The fourth-order valence-electron chi connectivity index (χ4n) is 2.31. The molecule has 96 valence electrons. The topological polar surface area (TPSA) is 44.0 Å². The normalized spacial score (nSPS) is 21.3. The molecule has 3 rings (SSSR count). The molecule has 0 radical (unpaired) electrons. The van der Waals surface area contributed by atoms with Crippen molar-refractivity contribution in [2.45, 2.75) is 12.5 Å². The molecule has 2 aromatic heterocycles. The van der Waals surface area contributed by atoms with E-state index in [1.54, 1.807) is 11.3 Å². The van der Waals surface area contributed by atoms with Gasteiger partial charge in [0.1, 0.15) is 0 Å². The van der Waals surface area contributed by atoms with Crippen molar-refractivity contribution in [2.24, 2.45) is 0 Å². The van der Waals surface area contributed by atoms with E-state index in [9.17, 15) is 0 Å². The number of rotatable bonds is 3. The Labute approximate surface area is 111 Å². The number of nitrogens with zero attached hydrogens (tertiary/aromatic N) is 2. The van der Waals surface area contributed by atoms with Crippen LogP contribution in [0.4, 0.5) is 0 Å². The molecule has 2 N–H and O–H groups in total. The van der Waals surface area contributed by atoms with Gasteiger partial charge in [0.05, 0.1) is 16.4 Å². The molecule has 1 aliphatic heterocycles. The van der Waals surface area contributed by atoms with Crippen molar-refractivity contribution >= 4 is 11.3 Å². The molecule has 18 heavy (non-hydrogen) atoms. The fourth-order valence-corrected chi connectivity index (χ4v) is 3.18. The van der Waals surface area contributed by atoms with Gasteiger partial charge in [0.15, 0.2) is 0 Å². The summed E-state index contributed by atoms with van der Waals surface area (Å²) in [6.45, 7) is 3.28. The van der Waals surface area contributed by atoms with Gasteiger partial charge in [0, 0.05) is 43.7 Å². The molecule has 3 heterocycles. The van der Waals surface area contributed by atoms with E-state index >= 15 is 0 Å². The maximum Gasteiger partial charge on any atom is 0.0976 e. The van der Waals surface area contributed by atoms with Gasteiger partial charge >= 0.3 is 0 Å². The molecule has 1 atom stereocenters. The van der Waals surface area contributed by atoms with Crippen LogP contribution in [0.1, 0.15) is 5.01 Å². The van der Waals surface area contributed by atoms with Crippen LogP contribution in [0.5, 0.6) is 0 Å². The van der Waals surface area contributed by atoms with Crippen molar-refractivity contribution in [1.82, 2.24) is 20.2 Å². The monoisotopic (exact) mass is 262 g/mol. The summed E-state index contributed by atoms with van der Waals surface area (Å²) in [5.74, 6) is 0. The zero-order chi connectivity index (χ0) is 12.4. The third kappa shape index (κ3) is 2.48. The lowest BCUT2D eigenvalue weighted by atomic mass is 10.1. The van der Waals surface area contributed by atoms with Crippen LogP contribution < -0.4 is 5.32 Å². The Bertz CT molecular complexity index is 491. The van der Waals surface area contributed by atoms with Gasteiger partial charge in [0.25, 0.3) is 0 Å². The zero-order valence-corrected chi connectivity index (χ0v) is 11.3. The number of likely N-dealkylation sites (N-methyl/N-ethyl adjacent to an activating group) is 1. The fraction of sp³-hybridized carbons (Fsp3) is 0.462. The van der Waals surface area contributed by atoms with Crippen molar-refractivity contribution < 1.29 is 0 Å². The van der Waals surface area contributed by atoms with Crippen LogP contribution in [0.25, 0.3) is 11.4 Å². The summed E-state index contributed by atoms with van der Waals surface area (Å²) in [4.78, 5) is 10.3. The average Bonchev–Trinajstić information content (AvgIpc) is 3.02. The Morgan fingerprint density at radius 3 is 3.28 bits per heavy atom. The van der Waals surface area contributed by atoms with Crippen LogP contribution in [-0.4, -0.2) is 47.6 Å². The van der Waals surface area contributed by atoms with Gasteiger partial charge in [-0.25, -0.2) is 4.98 Å². The van der Waals surface area contributed by atoms with E-state index in [2.05, 4.69) is 33.7 Å². The van der Waals surface area contributed by atoms with Gasteiger partial charge in [-0.2, -0.15) is 0 Å². The predicted octanol–water partition coefficient (Wildman–Crippen LogP) is 1.58. The summed E-state index contributed by atoms with van der Waals surface area (Å²) in [6, 6.07) is 4.64. The Morgan fingerprint density at radius 2 is 2.50 bits per heavy atom. The first-order valence-corrected chi connectivity index (χ1v) is 7.20. The first kappa shape index (κ1) is 11.9. The molecule has 2 aromatic rings. The molecule has 1 unspecified atom stereocenters. The number of piperazine rings is 1. The van der Waals surface area contributed by atoms with Crippen molar-refractivity contribution in [3.63, 3.8) is 0 Å². The number of nitrogens with one attached hydrogen (secondary N) is 2. The molecular weight excluding hydrogens is 244 g/mol. The van der Waals surface area contributed by atoms with Gasteiger partial charge < -0.3 is 15.2 Å². The highest BCUT2D eigenvalue weighted by molar-refractivity contribution is 7.09. The Morgan fingerprint density at radius 1 is 1.56 bits per heavy atom. The Balaban J connectivity index is 1.70. The van der Waals surface area contributed by atoms with E-state index in [0.717, 1.165) is 37.4 Å². The van der Waals surface area contributed by atoms with Gasteiger partial charge in [0.2, 0.25) is 0 Å². The van der Waals surface area contributed by atoms with Crippen molar-refractivity contribution in [3.8, 4) is 11.4 Å². The minimum absolute atomic E-state index is 0.571. The molecular formula is C13H18N4S. The summed E-state index contributed by atoms with van der Waals surface area (Å²) in [6.07, 6.45) is 2.97. The first-order chi connectivity index (χ1) is 8.83. The highest BCUT2D eigenvalue weighted by Gasteiger charge is 2.20. The summed E-state index contributed by atoms with van der Waals surface area (Å²) in [7, 11) is 2.20. The maximum absolute atomic E-state index is 4.71. The molecule has 5 heteroatoms. The minimum Gasteiger partial charge on any atom is -0.360 e. The molecule has 0 spiro atoms. The number of hydrogen-bond acceptors (Lipinski definition) is 4. The molecule has 4 nitrogen and oxygen atoms in total. The highest BCUT2D eigenvalue weighted by atomic mass is 32.1. The molecule has 0 aliphatic carbocycles. The summed E-state index contributed by atoms with van der Waals surface area (Å²) >= 11 is 1.76. The van der Waals surface area contributed by atoms with Crippen molar-refractivity contribution in [3.05, 3.63) is 28.7 Å². The van der Waals surface area contributed by atoms with E-state index in [4.69, 9.17) is 4.98 Å². The van der Waals surface area contributed by atoms with Gasteiger partial charge in [-0.1, -0.05) is 0 Å². The number of hydrogen-bond donors (Lipinski definition) is 2. The molecule has 1 aliphatic rings. The quantitative estimate of drug-likeness (QED) is 0.883. The van der Waals surface area contributed by atoms with E-state index < -0.39 is 0 Å². The summed E-state index contributed by atoms with van der Waals surface area (Å²) in [5.41, 5.74) is 2.17.